The topological polar surface area (TPSA) is 68.7 Å². The van der Waals surface area contributed by atoms with E-state index in [2.05, 4.69) is 0 Å². The number of methoxy groups -OCH3 is 1. The Morgan fingerprint density at radius 2 is 2.35 bits per heavy atom. The van der Waals surface area contributed by atoms with Crippen LogP contribution in [0.5, 0.6) is 0 Å². The van der Waals surface area contributed by atoms with Crippen LogP contribution < -0.4 is 5.73 Å². The van der Waals surface area contributed by atoms with Crippen LogP contribution in [-0.2, 0) is 9.53 Å². The number of nitrogens with two attached hydrogens (primary N) is 1. The van der Waals surface area contributed by atoms with Crippen molar-refractivity contribution in [3.8, 4) is 0 Å². The smallest absolute Gasteiger partial charge is 0.224 e. The SMILES string of the molecule is COCCN1C(=O)CC(N)C1c1ccc(C)o1. The summed E-state index contributed by atoms with van der Waals surface area (Å²) in [7, 11) is 1.62. The first-order valence-corrected chi connectivity index (χ1v) is 5.74. The molecular weight excluding hydrogens is 220 g/mol. The minimum Gasteiger partial charge on any atom is -0.464 e. The zero-order chi connectivity index (χ0) is 12.4. The number of hydrogen-bond donors (Lipinski definition) is 1. The molecule has 1 aromatic heterocycles. The highest BCUT2D eigenvalue weighted by Gasteiger charge is 2.40. The third-order valence-corrected chi connectivity index (χ3v) is 3.06. The van der Waals surface area contributed by atoms with E-state index in [0.717, 1.165) is 11.5 Å². The number of likely N-dealkylation sites (tertiary alicyclic amines) is 1. The third-order valence-electron chi connectivity index (χ3n) is 3.06. The van der Waals surface area contributed by atoms with E-state index in [-0.39, 0.29) is 18.0 Å². The lowest BCUT2D eigenvalue weighted by atomic mass is 10.1. The van der Waals surface area contributed by atoms with Crippen LogP contribution in [0.25, 0.3) is 0 Å². The molecule has 2 atom stereocenters. The molecule has 1 amide bonds. The Balaban J connectivity index is 2.19. The lowest BCUT2D eigenvalue weighted by Crippen LogP contribution is -2.35. The summed E-state index contributed by atoms with van der Waals surface area (Å²) in [6, 6.07) is 3.41. The second kappa shape index (κ2) is 4.89. The van der Waals surface area contributed by atoms with Crippen LogP contribution in [0.1, 0.15) is 24.0 Å². The molecule has 0 bridgehead atoms. The van der Waals surface area contributed by atoms with Crippen LogP contribution >= 0.6 is 0 Å². The fourth-order valence-corrected chi connectivity index (χ4v) is 2.25. The molecule has 0 spiro atoms. The van der Waals surface area contributed by atoms with Gasteiger partial charge in [0.25, 0.3) is 0 Å². The van der Waals surface area contributed by atoms with E-state index >= 15 is 0 Å². The minimum absolute atomic E-state index is 0.0635. The summed E-state index contributed by atoms with van der Waals surface area (Å²) in [6.45, 7) is 2.94. The van der Waals surface area contributed by atoms with Crippen LogP contribution in [0, 0.1) is 6.92 Å². The number of aryl methyl sites for hydroxylation is 1. The Kier molecular flexibility index (Phi) is 3.49. The normalized spacial score (nSPS) is 24.6. The first-order chi connectivity index (χ1) is 8.13. The molecule has 94 valence electrons. The van der Waals surface area contributed by atoms with Gasteiger partial charge in [0, 0.05) is 26.1 Å². The summed E-state index contributed by atoms with van der Waals surface area (Å²) in [4.78, 5) is 13.6. The van der Waals surface area contributed by atoms with E-state index in [9.17, 15) is 4.79 Å². The lowest BCUT2D eigenvalue weighted by Gasteiger charge is -2.24. The molecule has 2 rings (SSSR count). The Morgan fingerprint density at radius 3 is 2.94 bits per heavy atom. The Hall–Kier alpha value is -1.33. The van der Waals surface area contributed by atoms with Gasteiger partial charge in [0.05, 0.1) is 6.61 Å². The molecule has 1 saturated heterocycles. The average Bonchev–Trinajstić information content (AvgIpc) is 2.80. The summed E-state index contributed by atoms with van der Waals surface area (Å²) >= 11 is 0. The molecule has 2 N–H and O–H groups in total. The number of furan rings is 1. The summed E-state index contributed by atoms with van der Waals surface area (Å²) in [5, 5.41) is 0. The Morgan fingerprint density at radius 1 is 1.59 bits per heavy atom. The summed E-state index contributed by atoms with van der Waals surface area (Å²) < 4.78 is 10.6. The van der Waals surface area contributed by atoms with Crippen LogP contribution in [0.15, 0.2) is 16.5 Å². The van der Waals surface area contributed by atoms with E-state index in [4.69, 9.17) is 14.9 Å². The van der Waals surface area contributed by atoms with Gasteiger partial charge in [-0.3, -0.25) is 4.79 Å². The zero-order valence-electron chi connectivity index (χ0n) is 10.2. The van der Waals surface area contributed by atoms with Gasteiger partial charge in [-0.1, -0.05) is 0 Å². The fourth-order valence-electron chi connectivity index (χ4n) is 2.25. The zero-order valence-corrected chi connectivity index (χ0v) is 10.2. The van der Waals surface area contributed by atoms with Crippen molar-refractivity contribution in [3.63, 3.8) is 0 Å². The van der Waals surface area contributed by atoms with Gasteiger partial charge >= 0.3 is 0 Å². The molecule has 0 aliphatic carbocycles. The first kappa shape index (κ1) is 12.1. The Labute approximate surface area is 101 Å². The molecule has 5 nitrogen and oxygen atoms in total. The highest BCUT2D eigenvalue weighted by molar-refractivity contribution is 5.80. The van der Waals surface area contributed by atoms with Gasteiger partial charge < -0.3 is 19.8 Å². The predicted molar refractivity (Wildman–Crippen MR) is 62.4 cm³/mol. The van der Waals surface area contributed by atoms with Crippen LogP contribution in [0.4, 0.5) is 0 Å². The van der Waals surface area contributed by atoms with Crippen molar-refractivity contribution in [3.05, 3.63) is 23.7 Å². The quantitative estimate of drug-likeness (QED) is 0.843. The monoisotopic (exact) mass is 238 g/mol. The number of carbonyl (C=O) groups excluding carboxylic acids is 1. The van der Waals surface area contributed by atoms with Crippen molar-refractivity contribution in [1.29, 1.82) is 0 Å². The summed E-state index contributed by atoms with van der Waals surface area (Å²) in [5.74, 6) is 1.66. The first-order valence-electron chi connectivity index (χ1n) is 5.74. The second-order valence-electron chi connectivity index (χ2n) is 4.34. The number of carbonyl (C=O) groups is 1. The highest BCUT2D eigenvalue weighted by atomic mass is 16.5. The van der Waals surface area contributed by atoms with Crippen LogP contribution in [0.3, 0.4) is 0 Å². The fraction of sp³-hybridized carbons (Fsp3) is 0.583. The summed E-state index contributed by atoms with van der Waals surface area (Å²) in [5.41, 5.74) is 6.01. The second-order valence-corrected chi connectivity index (χ2v) is 4.34. The van der Waals surface area contributed by atoms with Crippen molar-refractivity contribution in [2.45, 2.75) is 25.4 Å². The standard InChI is InChI=1S/C12H18N2O3/c1-8-3-4-10(17-8)12-9(13)7-11(15)14(12)5-6-16-2/h3-4,9,12H,5-7,13H2,1-2H3. The minimum atomic E-state index is -0.204. The molecule has 0 saturated carbocycles. The van der Waals surface area contributed by atoms with Gasteiger partial charge in [0.1, 0.15) is 17.6 Å². The van der Waals surface area contributed by atoms with Crippen LogP contribution in [-0.4, -0.2) is 37.1 Å². The molecule has 2 unspecified atom stereocenters. The molecule has 1 fully saturated rings. The largest absolute Gasteiger partial charge is 0.464 e. The molecule has 1 aliphatic rings. The highest BCUT2D eigenvalue weighted by Crippen LogP contribution is 2.32. The third kappa shape index (κ3) is 2.35. The number of amides is 1. The van der Waals surface area contributed by atoms with Crippen molar-refractivity contribution in [2.24, 2.45) is 5.73 Å². The van der Waals surface area contributed by atoms with Crippen molar-refractivity contribution in [1.82, 2.24) is 4.90 Å². The number of ether oxygens (including phenoxy) is 1. The van der Waals surface area contributed by atoms with E-state index in [0.29, 0.717) is 19.6 Å². The number of rotatable bonds is 4. The molecule has 17 heavy (non-hydrogen) atoms. The van der Waals surface area contributed by atoms with Gasteiger partial charge in [0.2, 0.25) is 5.91 Å². The molecule has 1 aliphatic heterocycles. The number of hydrogen-bond acceptors (Lipinski definition) is 4. The molecule has 0 radical (unpaired) electrons. The van der Waals surface area contributed by atoms with Crippen molar-refractivity contribution < 1.29 is 13.9 Å². The van der Waals surface area contributed by atoms with E-state index in [1.165, 1.54) is 0 Å². The van der Waals surface area contributed by atoms with Gasteiger partial charge in [0.15, 0.2) is 0 Å². The van der Waals surface area contributed by atoms with Gasteiger partial charge in [-0.2, -0.15) is 0 Å². The van der Waals surface area contributed by atoms with Gasteiger partial charge in [-0.25, -0.2) is 0 Å². The molecule has 2 heterocycles. The van der Waals surface area contributed by atoms with Gasteiger partial charge in [-0.05, 0) is 19.1 Å². The maximum Gasteiger partial charge on any atom is 0.224 e. The van der Waals surface area contributed by atoms with Gasteiger partial charge in [-0.15, -0.1) is 0 Å². The molecular formula is C12H18N2O3. The lowest BCUT2D eigenvalue weighted by molar-refractivity contribution is -0.129. The predicted octanol–water partition coefficient (Wildman–Crippen LogP) is 0.835. The molecule has 0 aromatic carbocycles. The van der Waals surface area contributed by atoms with Crippen molar-refractivity contribution in [2.75, 3.05) is 20.3 Å². The number of nitrogens with zero attached hydrogens (tertiary/aromatic N) is 1. The van der Waals surface area contributed by atoms with E-state index < -0.39 is 0 Å². The molecule has 5 heteroatoms. The van der Waals surface area contributed by atoms with Crippen LogP contribution in [0.2, 0.25) is 0 Å². The van der Waals surface area contributed by atoms with E-state index in [1.54, 1.807) is 12.0 Å². The maximum atomic E-state index is 11.8. The summed E-state index contributed by atoms with van der Waals surface area (Å²) in [6.07, 6.45) is 0.369. The van der Waals surface area contributed by atoms with Crippen molar-refractivity contribution >= 4 is 5.91 Å². The molecule has 1 aromatic rings. The average molecular weight is 238 g/mol. The maximum absolute atomic E-state index is 11.8. The van der Waals surface area contributed by atoms with E-state index in [1.807, 2.05) is 19.1 Å². The Bertz CT molecular complexity index is 402.